The van der Waals surface area contributed by atoms with Crippen LogP contribution in [-0.4, -0.2) is 40.8 Å². The Balaban J connectivity index is 1.34. The number of non-ortho nitro benzene ring substituents is 1. The summed E-state index contributed by atoms with van der Waals surface area (Å²) in [5, 5.41) is 15.3. The number of aryl methyl sites for hydroxylation is 1. The molecule has 2 amide bonds. The number of benzene rings is 2. The molecule has 4 aliphatic heterocycles. The smallest absolute Gasteiger partial charge is 0.270 e. The molecule has 3 saturated heterocycles. The van der Waals surface area contributed by atoms with E-state index < -0.39 is 35.1 Å². The van der Waals surface area contributed by atoms with Crippen LogP contribution in [0.5, 0.6) is 0 Å². The molecule has 31 heavy (non-hydrogen) atoms. The van der Waals surface area contributed by atoms with Gasteiger partial charge in [0.2, 0.25) is 11.8 Å². The van der Waals surface area contributed by atoms with Crippen molar-refractivity contribution in [3.63, 3.8) is 0 Å². The molecule has 6 atom stereocenters. The van der Waals surface area contributed by atoms with Crippen molar-refractivity contribution in [1.82, 2.24) is 0 Å². The van der Waals surface area contributed by atoms with E-state index in [9.17, 15) is 19.7 Å². The number of rotatable bonds is 3. The molecule has 0 aliphatic carbocycles. The third kappa shape index (κ3) is 2.37. The maximum absolute atomic E-state index is 13.3. The number of carbonyl (C=O) groups excluding carboxylic acids is 2. The fourth-order valence-corrected chi connectivity index (χ4v) is 5.32. The second-order valence-corrected chi connectivity index (χ2v) is 8.34. The average Bonchev–Trinajstić information content (AvgIpc) is 3.49. The topological polar surface area (TPSA) is 111 Å². The maximum Gasteiger partial charge on any atom is 0.270 e. The van der Waals surface area contributed by atoms with Gasteiger partial charge in [0.25, 0.3) is 5.69 Å². The first-order valence-electron chi connectivity index (χ1n) is 10.0. The molecule has 0 radical (unpaired) electrons. The van der Waals surface area contributed by atoms with Gasteiger partial charge in [-0.3, -0.25) is 19.7 Å². The van der Waals surface area contributed by atoms with Crippen molar-refractivity contribution in [2.45, 2.75) is 25.2 Å². The highest BCUT2D eigenvalue weighted by atomic mass is 16.7. The molecule has 4 heterocycles. The average molecular weight is 419 g/mol. The van der Waals surface area contributed by atoms with E-state index in [4.69, 9.17) is 9.57 Å². The van der Waals surface area contributed by atoms with Crippen molar-refractivity contribution in [3.05, 3.63) is 69.8 Å². The van der Waals surface area contributed by atoms with Crippen molar-refractivity contribution in [3.8, 4) is 0 Å². The normalized spacial score (nSPS) is 32.7. The lowest BCUT2D eigenvalue weighted by atomic mass is 9.71. The molecule has 9 nitrogen and oxygen atoms in total. The van der Waals surface area contributed by atoms with Crippen LogP contribution in [0.4, 0.5) is 11.4 Å². The highest BCUT2D eigenvalue weighted by Gasteiger charge is 2.72. The number of hydrogen-bond acceptors (Lipinski definition) is 7. The van der Waals surface area contributed by atoms with Crippen molar-refractivity contribution in [2.24, 2.45) is 22.9 Å². The van der Waals surface area contributed by atoms with Crippen molar-refractivity contribution >= 4 is 28.9 Å². The largest absolute Gasteiger partial charge is 0.389 e. The number of hydrogen-bond donors (Lipinski definition) is 0. The van der Waals surface area contributed by atoms with E-state index in [0.717, 1.165) is 5.56 Å². The van der Waals surface area contributed by atoms with Crippen LogP contribution in [-0.2, 0) is 19.2 Å². The molecule has 2 aromatic carbocycles. The fraction of sp³-hybridized carbons (Fsp3) is 0.318. The van der Waals surface area contributed by atoms with Gasteiger partial charge in [-0.25, -0.2) is 4.90 Å². The Kier molecular flexibility index (Phi) is 3.64. The minimum absolute atomic E-state index is 0.0525. The van der Waals surface area contributed by atoms with E-state index in [1.54, 1.807) is 24.3 Å². The van der Waals surface area contributed by atoms with Gasteiger partial charge in [-0.15, -0.1) is 0 Å². The lowest BCUT2D eigenvalue weighted by molar-refractivity contribution is -0.384. The number of carbonyl (C=O) groups is 2. The number of amides is 2. The summed E-state index contributed by atoms with van der Waals surface area (Å²) in [5.41, 5.74) is 2.61. The van der Waals surface area contributed by atoms with Crippen LogP contribution in [0.2, 0.25) is 0 Å². The molecule has 3 fully saturated rings. The number of nitro benzene ring substituents is 1. The number of nitro groups is 1. The molecular formula is C22H17N3O6. The second kappa shape index (κ2) is 6.21. The minimum Gasteiger partial charge on any atom is -0.389 e. The standard InChI is InChI=1S/C22H17N3O6/c1-10-5-7-12(8-6-10)24-21(26)14-15(22(24)27)19-20-16(18(14)30-19)17(23-31-20)11-3-2-4-13(9-11)25(28)29/h2-9,14-16,18-20H,1H3/t14-,15-,16-,18+,19+,20-/m0/s1. The van der Waals surface area contributed by atoms with Gasteiger partial charge in [0.1, 0.15) is 6.10 Å². The number of nitrogens with zero attached hydrogens (tertiary/aromatic N) is 3. The molecular weight excluding hydrogens is 402 g/mol. The van der Waals surface area contributed by atoms with Crippen LogP contribution in [0, 0.1) is 34.8 Å². The Labute approximate surface area is 176 Å². The van der Waals surface area contributed by atoms with E-state index in [-0.39, 0.29) is 23.4 Å². The first-order valence-corrected chi connectivity index (χ1v) is 10.0. The zero-order valence-corrected chi connectivity index (χ0v) is 16.4. The zero-order chi connectivity index (χ0) is 21.4. The third-order valence-electron chi connectivity index (χ3n) is 6.69. The molecule has 0 N–H and O–H groups in total. The Hall–Kier alpha value is -3.59. The second-order valence-electron chi connectivity index (χ2n) is 8.34. The van der Waals surface area contributed by atoms with E-state index in [1.165, 1.54) is 17.0 Å². The van der Waals surface area contributed by atoms with E-state index in [0.29, 0.717) is 17.0 Å². The van der Waals surface area contributed by atoms with Crippen LogP contribution in [0.3, 0.4) is 0 Å². The molecule has 9 heteroatoms. The van der Waals surface area contributed by atoms with Crippen molar-refractivity contribution < 1.29 is 24.1 Å². The quantitative estimate of drug-likeness (QED) is 0.428. The fourth-order valence-electron chi connectivity index (χ4n) is 5.32. The molecule has 6 rings (SSSR count). The minimum atomic E-state index is -0.620. The lowest BCUT2D eigenvalue weighted by Crippen LogP contribution is -2.45. The van der Waals surface area contributed by atoms with Gasteiger partial charge in [-0.2, -0.15) is 0 Å². The Morgan fingerprint density at radius 1 is 0.968 bits per heavy atom. The zero-order valence-electron chi connectivity index (χ0n) is 16.4. The monoisotopic (exact) mass is 419 g/mol. The number of imide groups is 1. The molecule has 4 aliphatic rings. The van der Waals surface area contributed by atoms with Crippen LogP contribution >= 0.6 is 0 Å². The van der Waals surface area contributed by atoms with E-state index in [1.807, 2.05) is 19.1 Å². The van der Waals surface area contributed by atoms with Gasteiger partial charge < -0.3 is 9.57 Å². The molecule has 2 aromatic rings. The van der Waals surface area contributed by atoms with E-state index >= 15 is 0 Å². The van der Waals surface area contributed by atoms with Gasteiger partial charge >= 0.3 is 0 Å². The summed E-state index contributed by atoms with van der Waals surface area (Å²) in [6, 6.07) is 13.4. The first kappa shape index (κ1) is 18.2. The highest BCUT2D eigenvalue weighted by molar-refractivity contribution is 6.23. The molecule has 0 unspecified atom stereocenters. The molecule has 156 valence electrons. The summed E-state index contributed by atoms with van der Waals surface area (Å²) in [6.07, 6.45) is -1.63. The van der Waals surface area contributed by atoms with Crippen LogP contribution in [0.25, 0.3) is 0 Å². The third-order valence-corrected chi connectivity index (χ3v) is 6.69. The van der Waals surface area contributed by atoms with Crippen molar-refractivity contribution in [2.75, 3.05) is 4.90 Å². The number of oxime groups is 1. The van der Waals surface area contributed by atoms with Crippen molar-refractivity contribution in [1.29, 1.82) is 0 Å². The maximum atomic E-state index is 13.3. The number of fused-ring (bicyclic) bond motifs is 8. The molecule has 0 aromatic heterocycles. The molecule has 2 bridgehead atoms. The Morgan fingerprint density at radius 2 is 1.68 bits per heavy atom. The van der Waals surface area contributed by atoms with Gasteiger partial charge in [-0.1, -0.05) is 35.0 Å². The summed E-state index contributed by atoms with van der Waals surface area (Å²) < 4.78 is 6.07. The summed E-state index contributed by atoms with van der Waals surface area (Å²) in [6.45, 7) is 1.94. The molecule has 0 saturated carbocycles. The lowest BCUT2D eigenvalue weighted by Gasteiger charge is -2.26. The van der Waals surface area contributed by atoms with Gasteiger partial charge in [0, 0.05) is 17.7 Å². The van der Waals surface area contributed by atoms with Crippen LogP contribution in [0.15, 0.2) is 53.7 Å². The first-order chi connectivity index (χ1) is 15.0. The summed E-state index contributed by atoms with van der Waals surface area (Å²) >= 11 is 0. The van der Waals surface area contributed by atoms with Crippen LogP contribution < -0.4 is 4.90 Å². The Morgan fingerprint density at radius 3 is 2.39 bits per heavy atom. The summed E-state index contributed by atoms with van der Waals surface area (Å²) in [5.74, 6) is -2.15. The summed E-state index contributed by atoms with van der Waals surface area (Å²) in [4.78, 5) is 44.1. The number of ether oxygens (including phenoxy) is 1. The SMILES string of the molecule is Cc1ccc(N2C(=O)[C@@H]3[C@H]4O[C@@H]([C@@H]5C(c6cccc([N+](=O)[O-])c6)=NO[C@H]45)[C@H]3C2=O)cc1. The van der Waals surface area contributed by atoms with Gasteiger partial charge in [-0.05, 0) is 19.1 Å². The predicted molar refractivity (Wildman–Crippen MR) is 107 cm³/mol. The van der Waals surface area contributed by atoms with Gasteiger partial charge in [0.15, 0.2) is 6.10 Å². The highest BCUT2D eigenvalue weighted by Crippen LogP contribution is 2.55. The summed E-state index contributed by atoms with van der Waals surface area (Å²) in [7, 11) is 0. The van der Waals surface area contributed by atoms with Crippen LogP contribution in [0.1, 0.15) is 11.1 Å². The number of anilines is 1. The van der Waals surface area contributed by atoms with E-state index in [2.05, 4.69) is 5.16 Å². The molecule has 0 spiro atoms. The Bertz CT molecular complexity index is 1180. The van der Waals surface area contributed by atoms with Gasteiger partial charge in [0.05, 0.1) is 40.2 Å². The predicted octanol–water partition coefficient (Wildman–Crippen LogP) is 2.21.